The summed E-state index contributed by atoms with van der Waals surface area (Å²) in [4.78, 5) is 26.0. The van der Waals surface area contributed by atoms with Crippen LogP contribution < -0.4 is 10.6 Å². The summed E-state index contributed by atoms with van der Waals surface area (Å²) in [6.07, 6.45) is 1.95. The maximum Gasteiger partial charge on any atom is 0.411 e. The van der Waals surface area contributed by atoms with Gasteiger partial charge in [-0.2, -0.15) is 0 Å². The summed E-state index contributed by atoms with van der Waals surface area (Å²) in [6, 6.07) is 21.4. The van der Waals surface area contributed by atoms with E-state index >= 15 is 0 Å². The van der Waals surface area contributed by atoms with Gasteiger partial charge in [-0.05, 0) is 59.6 Å². The lowest BCUT2D eigenvalue weighted by molar-refractivity contribution is -0.116. The Hall–Kier alpha value is -2.70. The number of carbonyl (C=O) groups is 2. The summed E-state index contributed by atoms with van der Waals surface area (Å²) in [7, 11) is 0. The highest BCUT2D eigenvalue weighted by atomic mass is 127. The molecule has 3 heterocycles. The third kappa shape index (κ3) is 6.42. The molecule has 5 atom stereocenters. The van der Waals surface area contributed by atoms with Gasteiger partial charge < -0.3 is 19.9 Å². The molecule has 5 unspecified atom stereocenters. The molecule has 0 saturated carbocycles. The number of benzene rings is 3. The topological polar surface area (TPSA) is 103 Å². The number of anilines is 2. The zero-order chi connectivity index (χ0) is 30.3. The van der Waals surface area contributed by atoms with Crippen molar-refractivity contribution in [1.29, 1.82) is 0 Å². The number of carbonyl (C=O) groups excluding carboxylic acids is 2. The molecular formula is C33H35ClIN3O5. The summed E-state index contributed by atoms with van der Waals surface area (Å²) in [6.45, 7) is 4.32. The van der Waals surface area contributed by atoms with Gasteiger partial charge in [0.15, 0.2) is 0 Å². The van der Waals surface area contributed by atoms with Gasteiger partial charge in [0.1, 0.15) is 18.3 Å². The van der Waals surface area contributed by atoms with E-state index in [4.69, 9.17) is 21.1 Å². The molecule has 3 aromatic carbocycles. The van der Waals surface area contributed by atoms with E-state index in [0.29, 0.717) is 47.3 Å². The quantitative estimate of drug-likeness (QED) is 0.126. The molecular weight excluding hydrogens is 681 g/mol. The first-order chi connectivity index (χ1) is 20.6. The number of morpholine rings is 1. The van der Waals surface area contributed by atoms with E-state index in [1.807, 2.05) is 48.5 Å². The highest BCUT2D eigenvalue weighted by Gasteiger charge is 2.70. The third-order valence-corrected chi connectivity index (χ3v) is 10.2. The molecule has 2 bridgehead atoms. The molecule has 8 nitrogen and oxygen atoms in total. The molecule has 6 rings (SSSR count). The lowest BCUT2D eigenvalue weighted by Crippen LogP contribution is -2.56. The van der Waals surface area contributed by atoms with Crippen LogP contribution in [-0.2, 0) is 27.3 Å². The molecule has 3 fully saturated rings. The molecule has 3 aliphatic heterocycles. The number of amides is 2. The van der Waals surface area contributed by atoms with Crippen LogP contribution in [0.3, 0.4) is 0 Å². The highest BCUT2D eigenvalue weighted by Crippen LogP contribution is 2.57. The number of aryl methyl sites for hydroxylation is 1. The zero-order valence-electron chi connectivity index (χ0n) is 24.1. The van der Waals surface area contributed by atoms with Crippen LogP contribution in [0.25, 0.3) is 11.1 Å². The van der Waals surface area contributed by atoms with Crippen LogP contribution in [0.15, 0.2) is 66.7 Å². The highest BCUT2D eigenvalue weighted by molar-refractivity contribution is 14.1. The van der Waals surface area contributed by atoms with Crippen LogP contribution in [0.2, 0.25) is 5.02 Å². The Balaban J connectivity index is 1.12. The number of fused-ring (bicyclic) bond motifs is 5. The van der Waals surface area contributed by atoms with Gasteiger partial charge in [-0.15, -0.1) is 0 Å². The molecule has 10 heteroatoms. The fraction of sp³-hybridized carbons (Fsp3) is 0.394. The maximum atomic E-state index is 13.4. The molecule has 3 aliphatic rings. The van der Waals surface area contributed by atoms with Gasteiger partial charge in [-0.3, -0.25) is 10.1 Å². The number of hydrogen-bond acceptors (Lipinski definition) is 6. The molecule has 3 N–H and O–H groups in total. The van der Waals surface area contributed by atoms with E-state index in [2.05, 4.69) is 50.5 Å². The standard InChI is InChI=1S/C33H35ClIN3O5/c1-33(2)17-26(28-29-30(43-29)31(33)38(28)35)42-32(41)37-25-16-19(11-13-22(25)21-8-4-3-5-9-21)7-6-10-27(40)36-24-14-12-20(18-39)15-23(24)34/h3-5,8-9,11-16,26,28-31,39H,6-7,10,17-18H2,1-2H3,(H,36,40)(H,37,41). The molecule has 226 valence electrons. The summed E-state index contributed by atoms with van der Waals surface area (Å²) >= 11 is 8.61. The van der Waals surface area contributed by atoms with Crippen molar-refractivity contribution in [3.63, 3.8) is 0 Å². The summed E-state index contributed by atoms with van der Waals surface area (Å²) in [5.41, 5.74) is 4.71. The van der Waals surface area contributed by atoms with E-state index in [1.54, 1.807) is 18.2 Å². The van der Waals surface area contributed by atoms with Crippen molar-refractivity contribution in [1.82, 2.24) is 3.11 Å². The Morgan fingerprint density at radius 3 is 2.56 bits per heavy atom. The van der Waals surface area contributed by atoms with Crippen molar-refractivity contribution >= 4 is 57.8 Å². The Morgan fingerprint density at radius 2 is 1.81 bits per heavy atom. The minimum absolute atomic E-state index is 0.0336. The number of hydrogen-bond donors (Lipinski definition) is 3. The first-order valence-corrected chi connectivity index (χ1v) is 15.9. The van der Waals surface area contributed by atoms with E-state index in [-0.39, 0.29) is 42.3 Å². The number of piperidine rings is 1. The van der Waals surface area contributed by atoms with Crippen LogP contribution in [0, 0.1) is 5.41 Å². The Bertz CT molecular complexity index is 1520. The van der Waals surface area contributed by atoms with Crippen LogP contribution in [0.5, 0.6) is 0 Å². The molecule has 3 saturated heterocycles. The third-order valence-electron chi connectivity index (χ3n) is 8.69. The van der Waals surface area contributed by atoms with Crippen molar-refractivity contribution in [3.8, 4) is 11.1 Å². The predicted octanol–water partition coefficient (Wildman–Crippen LogP) is 6.98. The minimum Gasteiger partial charge on any atom is -0.444 e. The van der Waals surface area contributed by atoms with Crippen LogP contribution in [-0.4, -0.2) is 50.6 Å². The number of rotatable bonds is 9. The van der Waals surface area contributed by atoms with Gasteiger partial charge in [-0.25, -0.2) is 7.91 Å². The zero-order valence-corrected chi connectivity index (χ0v) is 27.0. The van der Waals surface area contributed by atoms with Crippen LogP contribution in [0.4, 0.5) is 16.2 Å². The van der Waals surface area contributed by atoms with E-state index < -0.39 is 6.09 Å². The normalized spacial score (nSPS) is 25.1. The van der Waals surface area contributed by atoms with E-state index in [0.717, 1.165) is 23.1 Å². The number of aliphatic hydroxyl groups is 1. The molecule has 0 spiro atoms. The van der Waals surface area contributed by atoms with E-state index in [1.165, 1.54) is 0 Å². The van der Waals surface area contributed by atoms with Crippen molar-refractivity contribution in [2.75, 3.05) is 10.6 Å². The number of epoxide rings is 1. The number of halogens is 2. The average Bonchev–Trinajstić information content (AvgIpc) is 3.68. The smallest absolute Gasteiger partial charge is 0.411 e. The van der Waals surface area contributed by atoms with Gasteiger partial charge in [-0.1, -0.05) is 74.0 Å². The largest absolute Gasteiger partial charge is 0.444 e. The van der Waals surface area contributed by atoms with Gasteiger partial charge in [0.25, 0.3) is 0 Å². The fourth-order valence-corrected chi connectivity index (χ4v) is 8.57. The van der Waals surface area contributed by atoms with Crippen molar-refractivity contribution in [2.45, 2.75) is 76.5 Å². The predicted molar refractivity (Wildman–Crippen MR) is 175 cm³/mol. The Morgan fingerprint density at radius 1 is 1.05 bits per heavy atom. The maximum absolute atomic E-state index is 13.4. The van der Waals surface area contributed by atoms with E-state index in [9.17, 15) is 14.7 Å². The lowest BCUT2D eigenvalue weighted by atomic mass is 9.77. The van der Waals surface area contributed by atoms with Crippen LogP contribution >= 0.6 is 34.5 Å². The first-order valence-electron chi connectivity index (χ1n) is 14.6. The summed E-state index contributed by atoms with van der Waals surface area (Å²) in [5, 5.41) is 15.5. The van der Waals surface area contributed by atoms with Crippen LogP contribution in [0.1, 0.15) is 44.2 Å². The molecule has 3 aromatic rings. The van der Waals surface area contributed by atoms with Gasteiger partial charge in [0, 0.05) is 34.8 Å². The minimum atomic E-state index is -0.481. The SMILES string of the molecule is CC1(C)CC(OC(=O)Nc2cc(CCCC(=O)Nc3ccc(CO)cc3Cl)ccc2-c2ccccc2)C2C3OC3C1N2I. The summed E-state index contributed by atoms with van der Waals surface area (Å²) < 4.78 is 14.4. The second-order valence-electron chi connectivity index (χ2n) is 12.2. The Kier molecular flexibility index (Phi) is 8.72. The average molecular weight is 716 g/mol. The monoisotopic (exact) mass is 715 g/mol. The van der Waals surface area contributed by atoms with Gasteiger partial charge in [0.05, 0.1) is 35.1 Å². The number of aliphatic hydroxyl groups excluding tert-OH is 1. The Labute approximate surface area is 270 Å². The first kappa shape index (κ1) is 30.3. The second-order valence-corrected chi connectivity index (χ2v) is 13.7. The number of nitrogens with zero attached hydrogens (tertiary/aromatic N) is 1. The van der Waals surface area contributed by atoms with Gasteiger partial charge >= 0.3 is 6.09 Å². The molecule has 43 heavy (non-hydrogen) atoms. The molecule has 0 aliphatic carbocycles. The van der Waals surface area contributed by atoms with Crippen molar-refractivity contribution in [2.24, 2.45) is 5.41 Å². The lowest BCUT2D eigenvalue weighted by Gasteiger charge is -2.46. The molecule has 0 aromatic heterocycles. The fourth-order valence-electron chi connectivity index (χ4n) is 6.57. The van der Waals surface area contributed by atoms with Crippen molar-refractivity contribution in [3.05, 3.63) is 82.9 Å². The molecule has 0 radical (unpaired) electrons. The molecule has 2 amide bonds. The number of nitrogens with one attached hydrogen (secondary N) is 2. The summed E-state index contributed by atoms with van der Waals surface area (Å²) in [5.74, 6) is -0.141. The van der Waals surface area contributed by atoms with Crippen molar-refractivity contribution < 1.29 is 24.2 Å². The number of ether oxygens (including phenoxy) is 2. The second kappa shape index (κ2) is 12.4. The van der Waals surface area contributed by atoms with Gasteiger partial charge in [0.2, 0.25) is 5.91 Å².